The molecule has 0 aliphatic heterocycles. The zero-order valence-corrected chi connectivity index (χ0v) is 13.2. The van der Waals surface area contributed by atoms with Gasteiger partial charge in [-0.15, -0.1) is 0 Å². The molecule has 0 heterocycles. The minimum atomic E-state index is -3.50. The van der Waals surface area contributed by atoms with Gasteiger partial charge in [-0.3, -0.25) is 0 Å². The van der Waals surface area contributed by atoms with Gasteiger partial charge in [0.05, 0.1) is 15.6 Å². The number of nitrogens with zero attached hydrogens (tertiary/aromatic N) is 1. The fourth-order valence-corrected chi connectivity index (χ4v) is 3.82. The number of aryl methyl sites for hydroxylation is 1. The molecule has 19 heavy (non-hydrogen) atoms. The molecule has 6 heteroatoms. The first-order chi connectivity index (χ1) is 8.84. The van der Waals surface area contributed by atoms with Gasteiger partial charge in [-0.1, -0.05) is 31.9 Å². The Balaban J connectivity index is 3.22. The van der Waals surface area contributed by atoms with Gasteiger partial charge in [0.2, 0.25) is 10.0 Å². The van der Waals surface area contributed by atoms with Crippen molar-refractivity contribution in [1.29, 1.82) is 0 Å². The summed E-state index contributed by atoms with van der Waals surface area (Å²) >= 11 is 5.90. The van der Waals surface area contributed by atoms with E-state index in [0.29, 0.717) is 23.7 Å². The van der Waals surface area contributed by atoms with Crippen molar-refractivity contribution in [2.24, 2.45) is 0 Å². The Morgan fingerprint density at radius 1 is 1.32 bits per heavy atom. The van der Waals surface area contributed by atoms with Crippen LogP contribution in [0, 0.1) is 6.92 Å². The maximum atomic E-state index is 12.6. The van der Waals surface area contributed by atoms with E-state index in [2.05, 4.69) is 0 Å². The van der Waals surface area contributed by atoms with Crippen LogP contribution in [0.15, 0.2) is 17.0 Å². The highest BCUT2D eigenvalue weighted by molar-refractivity contribution is 7.89. The molecule has 0 unspecified atom stereocenters. The molecule has 0 spiro atoms. The van der Waals surface area contributed by atoms with Crippen LogP contribution in [0.25, 0.3) is 0 Å². The molecule has 1 aromatic rings. The third-order valence-electron chi connectivity index (χ3n) is 3.03. The molecule has 1 aromatic carbocycles. The van der Waals surface area contributed by atoms with Gasteiger partial charge >= 0.3 is 0 Å². The van der Waals surface area contributed by atoms with Gasteiger partial charge in [0.1, 0.15) is 0 Å². The highest BCUT2D eigenvalue weighted by Crippen LogP contribution is 2.28. The van der Waals surface area contributed by atoms with Crippen LogP contribution in [0.5, 0.6) is 0 Å². The molecule has 4 nitrogen and oxygen atoms in total. The molecule has 0 saturated carbocycles. The van der Waals surface area contributed by atoms with Gasteiger partial charge in [0.25, 0.3) is 0 Å². The molecule has 108 valence electrons. The number of benzene rings is 1. The lowest BCUT2D eigenvalue weighted by molar-refractivity contribution is 0.418. The number of halogens is 1. The van der Waals surface area contributed by atoms with E-state index < -0.39 is 10.0 Å². The molecule has 0 radical (unpaired) electrons. The van der Waals surface area contributed by atoms with Gasteiger partial charge in [-0.25, -0.2) is 8.42 Å². The fourth-order valence-electron chi connectivity index (χ4n) is 1.87. The Morgan fingerprint density at radius 3 is 2.47 bits per heavy atom. The minimum absolute atomic E-state index is 0.243. The van der Waals surface area contributed by atoms with Crippen molar-refractivity contribution in [2.75, 3.05) is 18.8 Å². The van der Waals surface area contributed by atoms with Crippen LogP contribution in [-0.2, 0) is 10.0 Å². The zero-order valence-electron chi connectivity index (χ0n) is 11.6. The summed E-state index contributed by atoms with van der Waals surface area (Å²) in [5, 5.41) is 0.382. The number of rotatable bonds is 6. The van der Waals surface area contributed by atoms with Crippen LogP contribution in [-0.4, -0.2) is 25.8 Å². The van der Waals surface area contributed by atoms with Crippen molar-refractivity contribution in [3.05, 3.63) is 22.7 Å². The lowest BCUT2D eigenvalue weighted by atomic mass is 10.2. The van der Waals surface area contributed by atoms with Crippen molar-refractivity contribution >= 4 is 27.3 Å². The van der Waals surface area contributed by atoms with E-state index in [1.807, 2.05) is 13.8 Å². The summed E-state index contributed by atoms with van der Waals surface area (Å²) in [6.07, 6.45) is 1.79. The number of sulfonamides is 1. The van der Waals surface area contributed by atoms with E-state index >= 15 is 0 Å². The largest absolute Gasteiger partial charge is 0.397 e. The highest BCUT2D eigenvalue weighted by Gasteiger charge is 2.25. The van der Waals surface area contributed by atoms with Gasteiger partial charge in [0.15, 0.2) is 0 Å². The Labute approximate surface area is 120 Å². The second kappa shape index (κ2) is 6.59. The molecular weight excluding hydrogens is 284 g/mol. The van der Waals surface area contributed by atoms with Crippen LogP contribution in [0.3, 0.4) is 0 Å². The summed E-state index contributed by atoms with van der Waals surface area (Å²) in [6.45, 7) is 6.57. The average Bonchev–Trinajstić information content (AvgIpc) is 2.34. The number of anilines is 1. The summed E-state index contributed by atoms with van der Waals surface area (Å²) in [7, 11) is -3.50. The topological polar surface area (TPSA) is 63.4 Å². The molecule has 2 N–H and O–H groups in total. The molecule has 0 aliphatic carbocycles. The van der Waals surface area contributed by atoms with E-state index in [0.717, 1.165) is 12.8 Å². The summed E-state index contributed by atoms with van der Waals surface area (Å²) in [4.78, 5) is 0.243. The standard InChI is InChI=1S/C13H21ClN2O2S/c1-4-6-7-16(5-2)19(17,18)13-9-12(15)11(14)8-10(13)3/h8-9H,4-7,15H2,1-3H3. The number of unbranched alkanes of at least 4 members (excludes halogenated alkanes) is 1. The second-order valence-electron chi connectivity index (χ2n) is 4.49. The zero-order chi connectivity index (χ0) is 14.6. The third-order valence-corrected chi connectivity index (χ3v) is 5.47. The first-order valence-corrected chi connectivity index (χ1v) is 8.22. The molecule has 1 rings (SSSR count). The van der Waals surface area contributed by atoms with Crippen LogP contribution in [0.4, 0.5) is 5.69 Å². The lowest BCUT2D eigenvalue weighted by Gasteiger charge is -2.21. The Hall–Kier alpha value is -0.780. The molecule has 0 aromatic heterocycles. The number of hydrogen-bond donors (Lipinski definition) is 1. The summed E-state index contributed by atoms with van der Waals surface area (Å²) in [6, 6.07) is 3.04. The second-order valence-corrected chi connectivity index (χ2v) is 6.80. The van der Waals surface area contributed by atoms with Crippen molar-refractivity contribution in [3.63, 3.8) is 0 Å². The van der Waals surface area contributed by atoms with E-state index in [4.69, 9.17) is 17.3 Å². The van der Waals surface area contributed by atoms with Gasteiger partial charge < -0.3 is 5.73 Å². The smallest absolute Gasteiger partial charge is 0.243 e. The maximum Gasteiger partial charge on any atom is 0.243 e. The van der Waals surface area contributed by atoms with E-state index in [1.54, 1.807) is 13.0 Å². The fraction of sp³-hybridized carbons (Fsp3) is 0.538. The molecule has 0 amide bonds. The number of hydrogen-bond acceptors (Lipinski definition) is 3. The SMILES string of the molecule is CCCCN(CC)S(=O)(=O)c1cc(N)c(Cl)cc1C. The van der Waals surface area contributed by atoms with E-state index in [-0.39, 0.29) is 10.6 Å². The Kier molecular flexibility index (Phi) is 5.64. The van der Waals surface area contributed by atoms with Crippen molar-refractivity contribution in [1.82, 2.24) is 4.31 Å². The number of nitrogens with two attached hydrogens (primary N) is 1. The molecule has 0 saturated heterocycles. The van der Waals surface area contributed by atoms with Gasteiger partial charge in [-0.05, 0) is 31.0 Å². The van der Waals surface area contributed by atoms with E-state index in [1.165, 1.54) is 10.4 Å². The minimum Gasteiger partial charge on any atom is -0.397 e. The van der Waals surface area contributed by atoms with Crippen molar-refractivity contribution in [2.45, 2.75) is 38.5 Å². The monoisotopic (exact) mass is 304 g/mol. The van der Waals surface area contributed by atoms with Crippen molar-refractivity contribution < 1.29 is 8.42 Å². The van der Waals surface area contributed by atoms with Crippen LogP contribution < -0.4 is 5.73 Å². The molecule has 0 bridgehead atoms. The predicted octanol–water partition coefficient (Wildman–Crippen LogP) is 3.04. The lowest BCUT2D eigenvalue weighted by Crippen LogP contribution is -2.32. The van der Waals surface area contributed by atoms with Crippen molar-refractivity contribution in [3.8, 4) is 0 Å². The third kappa shape index (κ3) is 3.61. The van der Waals surface area contributed by atoms with Crippen LogP contribution >= 0.6 is 11.6 Å². The van der Waals surface area contributed by atoms with Crippen LogP contribution in [0.2, 0.25) is 5.02 Å². The first-order valence-electron chi connectivity index (χ1n) is 6.40. The molecule has 0 aliphatic rings. The molecule has 0 atom stereocenters. The summed E-state index contributed by atoms with van der Waals surface area (Å²) < 4.78 is 26.6. The summed E-state index contributed by atoms with van der Waals surface area (Å²) in [5.41, 5.74) is 6.62. The van der Waals surface area contributed by atoms with Gasteiger partial charge in [0, 0.05) is 13.1 Å². The molecular formula is C13H21ClN2O2S. The normalized spacial score (nSPS) is 12.1. The number of nitrogen functional groups attached to an aromatic ring is 1. The van der Waals surface area contributed by atoms with E-state index in [9.17, 15) is 8.42 Å². The molecule has 0 fully saturated rings. The van der Waals surface area contributed by atoms with Gasteiger partial charge in [-0.2, -0.15) is 4.31 Å². The Morgan fingerprint density at radius 2 is 1.95 bits per heavy atom. The van der Waals surface area contributed by atoms with Crippen LogP contribution in [0.1, 0.15) is 32.3 Å². The average molecular weight is 305 g/mol. The highest BCUT2D eigenvalue weighted by atomic mass is 35.5. The summed E-state index contributed by atoms with van der Waals surface area (Å²) in [5.74, 6) is 0. The Bertz CT molecular complexity index is 544. The first kappa shape index (κ1) is 16.3. The predicted molar refractivity (Wildman–Crippen MR) is 79.9 cm³/mol. The quantitative estimate of drug-likeness (QED) is 0.822. The maximum absolute atomic E-state index is 12.6.